The van der Waals surface area contributed by atoms with Crippen LogP contribution < -0.4 is 10.3 Å². The van der Waals surface area contributed by atoms with E-state index in [0.717, 1.165) is 61.5 Å². The lowest BCUT2D eigenvalue weighted by molar-refractivity contribution is 0.0800. The Bertz CT molecular complexity index is 1890. The van der Waals surface area contributed by atoms with Crippen molar-refractivity contribution in [2.75, 3.05) is 20.2 Å². The Balaban J connectivity index is 1.31. The van der Waals surface area contributed by atoms with Crippen LogP contribution in [0.3, 0.4) is 0 Å². The van der Waals surface area contributed by atoms with E-state index in [4.69, 9.17) is 4.74 Å². The van der Waals surface area contributed by atoms with Gasteiger partial charge in [0.2, 0.25) is 0 Å². The third-order valence-corrected chi connectivity index (χ3v) is 8.36. The first-order chi connectivity index (χ1) is 20.7. The summed E-state index contributed by atoms with van der Waals surface area (Å²) in [7, 11) is 3.94. The number of likely N-dealkylation sites (tertiary alicyclic amines) is 1. The maximum Gasteiger partial charge on any atom is 0.319 e. The highest BCUT2D eigenvalue weighted by atomic mass is 19.1. The third kappa shape index (κ3) is 5.52. The molecule has 5 heterocycles. The smallest absolute Gasteiger partial charge is 0.319 e. The Hall–Kier alpha value is -4.51. The molecule has 0 bridgehead atoms. The van der Waals surface area contributed by atoms with Gasteiger partial charge >= 0.3 is 6.01 Å². The molecule has 2 aliphatic rings. The number of fused-ring (bicyclic) bond motifs is 2. The first kappa shape index (κ1) is 28.6. The molecule has 0 saturated carbocycles. The average molecular weight is 584 g/mol. The molecule has 1 unspecified atom stereocenters. The van der Waals surface area contributed by atoms with Crippen LogP contribution in [0.25, 0.3) is 11.0 Å². The van der Waals surface area contributed by atoms with Crippen molar-refractivity contribution in [3.63, 3.8) is 0 Å². The van der Waals surface area contributed by atoms with Gasteiger partial charge in [0.15, 0.2) is 0 Å². The highest BCUT2D eigenvalue weighted by molar-refractivity contribution is 5.82. The van der Waals surface area contributed by atoms with Crippen LogP contribution in [0.2, 0.25) is 0 Å². The molecule has 43 heavy (non-hydrogen) atoms. The molecule has 8 nitrogen and oxygen atoms in total. The topological polar surface area (TPSA) is 85.4 Å². The number of aryl methyl sites for hydroxylation is 2. The van der Waals surface area contributed by atoms with E-state index in [-0.39, 0.29) is 23.6 Å². The molecule has 0 radical (unpaired) electrons. The zero-order valence-corrected chi connectivity index (χ0v) is 24.0. The normalized spacial score (nSPS) is 17.6. The van der Waals surface area contributed by atoms with Crippen molar-refractivity contribution in [1.29, 1.82) is 0 Å². The van der Waals surface area contributed by atoms with Gasteiger partial charge < -0.3 is 23.9 Å². The molecule has 220 valence electrons. The summed E-state index contributed by atoms with van der Waals surface area (Å²) < 4.78 is 38.6. The van der Waals surface area contributed by atoms with E-state index < -0.39 is 22.8 Å². The highest BCUT2D eigenvalue weighted by Crippen LogP contribution is 2.34. The lowest BCUT2D eigenvalue weighted by Gasteiger charge is -2.27. The molecular formula is C33H31F2N5O3. The van der Waals surface area contributed by atoms with Gasteiger partial charge in [-0.2, -0.15) is 9.97 Å². The van der Waals surface area contributed by atoms with Crippen LogP contribution in [0, 0.1) is 35.3 Å². The van der Waals surface area contributed by atoms with Crippen LogP contribution in [0.1, 0.15) is 48.2 Å². The molecule has 10 heteroatoms. The second kappa shape index (κ2) is 11.6. The minimum Gasteiger partial charge on any atom is -0.462 e. The van der Waals surface area contributed by atoms with E-state index in [1.165, 1.54) is 6.07 Å². The number of halogens is 2. The van der Waals surface area contributed by atoms with Crippen molar-refractivity contribution in [3.8, 4) is 29.7 Å². The molecule has 1 saturated heterocycles. The van der Waals surface area contributed by atoms with Gasteiger partial charge in [0, 0.05) is 43.5 Å². The Kier molecular flexibility index (Phi) is 7.74. The molecule has 1 aromatic carbocycles. The highest BCUT2D eigenvalue weighted by Gasteiger charge is 2.37. The maximum absolute atomic E-state index is 15.0. The number of pyridine rings is 1. The summed E-state index contributed by atoms with van der Waals surface area (Å²) >= 11 is 0. The van der Waals surface area contributed by atoms with Gasteiger partial charge in [-0.1, -0.05) is 5.92 Å². The molecule has 1 fully saturated rings. The SMILES string of the molecule is CN1CCC[C@@H]1COc1nc(C#CC#CCC(O)(c2cc(F)ccc2F)c2ccc3n(c2=O)CCC3)c2ccn(C)c2n1. The van der Waals surface area contributed by atoms with Crippen molar-refractivity contribution >= 4 is 11.0 Å². The first-order valence-electron chi connectivity index (χ1n) is 14.3. The number of ether oxygens (including phenoxy) is 1. The molecule has 0 spiro atoms. The van der Waals surface area contributed by atoms with Crippen LogP contribution in [-0.2, 0) is 25.6 Å². The van der Waals surface area contributed by atoms with Crippen molar-refractivity contribution in [3.05, 3.63) is 87.1 Å². The molecule has 0 amide bonds. The van der Waals surface area contributed by atoms with Crippen molar-refractivity contribution in [2.45, 2.75) is 50.3 Å². The van der Waals surface area contributed by atoms with Crippen LogP contribution >= 0.6 is 0 Å². The third-order valence-electron chi connectivity index (χ3n) is 8.36. The summed E-state index contributed by atoms with van der Waals surface area (Å²) in [6.45, 7) is 2.00. The maximum atomic E-state index is 15.0. The van der Waals surface area contributed by atoms with Gasteiger partial charge in [0.1, 0.15) is 35.2 Å². The second-order valence-electron chi connectivity index (χ2n) is 11.1. The molecule has 3 aromatic heterocycles. The van der Waals surface area contributed by atoms with Crippen molar-refractivity contribution < 1.29 is 18.6 Å². The predicted molar refractivity (Wildman–Crippen MR) is 157 cm³/mol. The van der Waals surface area contributed by atoms with Gasteiger partial charge in [-0.05, 0) is 93.4 Å². The minimum absolute atomic E-state index is 0.0681. The van der Waals surface area contributed by atoms with Crippen molar-refractivity contribution in [2.24, 2.45) is 7.05 Å². The van der Waals surface area contributed by atoms with Gasteiger partial charge in [-0.3, -0.25) is 4.79 Å². The number of benzene rings is 1. The van der Waals surface area contributed by atoms with E-state index >= 15 is 0 Å². The molecular weight excluding hydrogens is 552 g/mol. The van der Waals surface area contributed by atoms with E-state index in [0.29, 0.717) is 30.5 Å². The van der Waals surface area contributed by atoms with Crippen LogP contribution in [-0.4, -0.2) is 55.3 Å². The van der Waals surface area contributed by atoms with E-state index in [9.17, 15) is 18.7 Å². The number of likely N-dealkylation sites (N-methyl/N-ethyl adjacent to an activating group) is 1. The molecule has 0 aliphatic carbocycles. The second-order valence-corrected chi connectivity index (χ2v) is 11.1. The number of nitrogens with zero attached hydrogens (tertiary/aromatic N) is 5. The van der Waals surface area contributed by atoms with Gasteiger partial charge in [-0.15, -0.1) is 0 Å². The minimum atomic E-state index is -2.20. The fourth-order valence-electron chi connectivity index (χ4n) is 5.91. The fourth-order valence-corrected chi connectivity index (χ4v) is 5.91. The van der Waals surface area contributed by atoms with E-state index in [1.807, 2.05) is 23.9 Å². The van der Waals surface area contributed by atoms with Crippen molar-refractivity contribution in [1.82, 2.24) is 24.0 Å². The molecule has 4 aromatic rings. The summed E-state index contributed by atoms with van der Waals surface area (Å²) in [5.74, 6) is 9.60. The van der Waals surface area contributed by atoms with Crippen LogP contribution in [0.5, 0.6) is 6.01 Å². The largest absolute Gasteiger partial charge is 0.462 e. The van der Waals surface area contributed by atoms with Gasteiger partial charge in [-0.25, -0.2) is 8.78 Å². The first-order valence-corrected chi connectivity index (χ1v) is 14.3. The number of hydrogen-bond donors (Lipinski definition) is 1. The van der Waals surface area contributed by atoms with Gasteiger partial charge in [0.05, 0.1) is 10.9 Å². The molecule has 6 rings (SSSR count). The Labute approximate surface area is 248 Å². The lowest BCUT2D eigenvalue weighted by atomic mass is 9.83. The van der Waals surface area contributed by atoms with E-state index in [2.05, 4.69) is 45.6 Å². The Morgan fingerprint density at radius 1 is 1.07 bits per heavy atom. The molecule has 2 aliphatic heterocycles. The van der Waals surface area contributed by atoms with Gasteiger partial charge in [0.25, 0.3) is 5.56 Å². The summed E-state index contributed by atoms with van der Waals surface area (Å²) in [5.41, 5.74) is -1.14. The number of rotatable bonds is 6. The monoisotopic (exact) mass is 583 g/mol. The average Bonchev–Trinajstić information content (AvgIpc) is 3.73. The predicted octanol–water partition coefficient (Wildman–Crippen LogP) is 3.51. The quantitative estimate of drug-likeness (QED) is 0.350. The summed E-state index contributed by atoms with van der Waals surface area (Å²) in [4.78, 5) is 24.7. The number of aromatic nitrogens is 4. The fraction of sp³-hybridized carbons (Fsp3) is 0.364. The van der Waals surface area contributed by atoms with E-state index in [1.54, 1.807) is 10.6 Å². The molecule has 2 atom stereocenters. The Morgan fingerprint density at radius 2 is 1.93 bits per heavy atom. The lowest BCUT2D eigenvalue weighted by Crippen LogP contribution is -2.37. The summed E-state index contributed by atoms with van der Waals surface area (Å²) in [6.07, 6.45) is 5.18. The summed E-state index contributed by atoms with van der Waals surface area (Å²) in [6, 6.07) is 8.39. The zero-order valence-electron chi connectivity index (χ0n) is 24.0. The summed E-state index contributed by atoms with van der Waals surface area (Å²) in [5, 5.41) is 12.6. The van der Waals surface area contributed by atoms with Crippen LogP contribution in [0.15, 0.2) is 47.4 Å². The number of hydrogen-bond acceptors (Lipinski definition) is 6. The zero-order chi connectivity index (χ0) is 30.1. The molecule has 1 N–H and O–H groups in total. The Morgan fingerprint density at radius 3 is 2.74 bits per heavy atom. The standard InChI is InChI=1S/C33H31F2N5O3/c1-38-17-6-9-24(38)21-43-32-36-29(25-15-19-39(2)30(25)37-32)10-4-3-5-16-33(42,27-20-22(34)11-14-28(27)35)26-13-12-23-8-7-18-40(23)31(26)41/h11-15,19-20,24,42H,6-9,16-18,21H2,1-2H3/t24-,33?/m1/s1. The van der Waals surface area contributed by atoms with Crippen LogP contribution in [0.4, 0.5) is 8.78 Å². The number of aliphatic hydroxyl groups is 1.